The molecule has 1 aliphatic rings. The van der Waals surface area contributed by atoms with Crippen molar-refractivity contribution in [2.24, 2.45) is 11.8 Å². The smallest absolute Gasteiger partial charge is 0.317 e. The summed E-state index contributed by atoms with van der Waals surface area (Å²) in [7, 11) is 0. The fourth-order valence-electron chi connectivity index (χ4n) is 2.98. The van der Waals surface area contributed by atoms with E-state index < -0.39 is 5.97 Å². The van der Waals surface area contributed by atoms with Gasteiger partial charge < -0.3 is 10.4 Å². The van der Waals surface area contributed by atoms with Gasteiger partial charge in [0.25, 0.3) is 0 Å². The predicted molar refractivity (Wildman–Crippen MR) is 83.3 cm³/mol. The van der Waals surface area contributed by atoms with Crippen LogP contribution in [0.15, 0.2) is 0 Å². The van der Waals surface area contributed by atoms with Crippen LogP contribution in [0.4, 0.5) is 0 Å². The number of nitrogens with one attached hydrogen (secondary N) is 1. The number of aliphatic carboxylic acids is 1. The van der Waals surface area contributed by atoms with Gasteiger partial charge in [-0.3, -0.25) is 14.5 Å². The average molecular weight is 298 g/mol. The minimum Gasteiger partial charge on any atom is -0.480 e. The summed E-state index contributed by atoms with van der Waals surface area (Å²) in [6.07, 6.45) is 2.83. The van der Waals surface area contributed by atoms with E-state index in [0.717, 1.165) is 32.4 Å². The molecule has 0 aromatic rings. The first kappa shape index (κ1) is 18.1. The van der Waals surface area contributed by atoms with Gasteiger partial charge in [-0.2, -0.15) is 0 Å². The number of hydrogen-bond donors (Lipinski definition) is 2. The Morgan fingerprint density at radius 1 is 1.19 bits per heavy atom. The number of carbonyl (C=O) groups excluding carboxylic acids is 1. The maximum Gasteiger partial charge on any atom is 0.317 e. The van der Waals surface area contributed by atoms with Crippen LogP contribution in [0.1, 0.15) is 47.0 Å². The minimum atomic E-state index is -0.761. The number of likely N-dealkylation sites (tertiary alicyclic amines) is 1. The highest BCUT2D eigenvalue weighted by atomic mass is 16.4. The summed E-state index contributed by atoms with van der Waals surface area (Å²) in [6, 6.07) is 0.228. The van der Waals surface area contributed by atoms with Gasteiger partial charge in [-0.1, -0.05) is 27.7 Å². The van der Waals surface area contributed by atoms with Gasteiger partial charge in [0.1, 0.15) is 0 Å². The third kappa shape index (κ3) is 6.57. The van der Waals surface area contributed by atoms with Crippen LogP contribution in [0.5, 0.6) is 0 Å². The van der Waals surface area contributed by atoms with Crippen LogP contribution in [0.25, 0.3) is 0 Å². The maximum atomic E-state index is 12.3. The molecule has 1 fully saturated rings. The number of piperidine rings is 1. The lowest BCUT2D eigenvalue weighted by Gasteiger charge is -2.33. The number of Topliss-reactive ketones (excluding diaryl/α,β-unsaturated/α-hetero) is 1. The Morgan fingerprint density at radius 3 is 2.19 bits per heavy atom. The van der Waals surface area contributed by atoms with Crippen molar-refractivity contribution in [2.45, 2.75) is 59.0 Å². The van der Waals surface area contributed by atoms with E-state index in [9.17, 15) is 9.59 Å². The fraction of sp³-hybridized carbons (Fsp3) is 0.875. The molecule has 122 valence electrons. The predicted octanol–water partition coefficient (Wildman–Crippen LogP) is 1.76. The summed E-state index contributed by atoms with van der Waals surface area (Å²) in [4.78, 5) is 25.0. The SMILES string of the molecule is CC(C)NC(CC1CCN(CC(=O)O)CC1)C(=O)C(C)C. The fourth-order valence-corrected chi connectivity index (χ4v) is 2.98. The van der Waals surface area contributed by atoms with Gasteiger partial charge in [0.2, 0.25) is 0 Å². The van der Waals surface area contributed by atoms with Crippen LogP contribution in [0.2, 0.25) is 0 Å². The van der Waals surface area contributed by atoms with E-state index in [4.69, 9.17) is 5.11 Å². The second kappa shape index (κ2) is 8.49. The molecule has 0 aliphatic carbocycles. The van der Waals surface area contributed by atoms with Crippen molar-refractivity contribution in [3.63, 3.8) is 0 Å². The van der Waals surface area contributed by atoms with Crippen LogP contribution in [0.3, 0.4) is 0 Å². The van der Waals surface area contributed by atoms with Crippen LogP contribution in [-0.4, -0.2) is 53.5 Å². The first-order chi connectivity index (χ1) is 9.79. The Kier molecular flexibility index (Phi) is 7.32. The minimum absolute atomic E-state index is 0.0494. The third-order valence-corrected chi connectivity index (χ3v) is 4.08. The van der Waals surface area contributed by atoms with Gasteiger partial charge in [-0.25, -0.2) is 0 Å². The van der Waals surface area contributed by atoms with Crippen LogP contribution in [-0.2, 0) is 9.59 Å². The molecule has 5 nitrogen and oxygen atoms in total. The molecule has 1 atom stereocenters. The lowest BCUT2D eigenvalue weighted by Crippen LogP contribution is -2.45. The molecule has 1 unspecified atom stereocenters. The van der Waals surface area contributed by atoms with Crippen molar-refractivity contribution in [1.29, 1.82) is 0 Å². The number of carboxylic acids is 1. The molecule has 1 saturated heterocycles. The highest BCUT2D eigenvalue weighted by molar-refractivity contribution is 5.85. The van der Waals surface area contributed by atoms with E-state index in [0.29, 0.717) is 12.0 Å². The summed E-state index contributed by atoms with van der Waals surface area (Å²) in [6.45, 7) is 9.81. The molecule has 0 spiro atoms. The van der Waals surface area contributed by atoms with Crippen molar-refractivity contribution >= 4 is 11.8 Å². The number of ketones is 1. The summed E-state index contributed by atoms with van der Waals surface area (Å²) in [5.74, 6) is 0.0850. The Morgan fingerprint density at radius 2 is 1.76 bits per heavy atom. The van der Waals surface area contributed by atoms with Crippen molar-refractivity contribution in [3.05, 3.63) is 0 Å². The second-order valence-corrected chi connectivity index (χ2v) is 6.78. The Bertz CT molecular complexity index is 347. The zero-order valence-electron chi connectivity index (χ0n) is 13.8. The first-order valence-electron chi connectivity index (χ1n) is 8.03. The third-order valence-electron chi connectivity index (χ3n) is 4.08. The Hall–Kier alpha value is -0.940. The lowest BCUT2D eigenvalue weighted by atomic mass is 9.86. The van der Waals surface area contributed by atoms with Crippen LogP contribution < -0.4 is 5.32 Å². The summed E-state index contributed by atoms with van der Waals surface area (Å²) >= 11 is 0. The molecule has 0 aromatic heterocycles. The second-order valence-electron chi connectivity index (χ2n) is 6.78. The van der Waals surface area contributed by atoms with Gasteiger partial charge in [0, 0.05) is 12.0 Å². The Balaban J connectivity index is 2.49. The highest BCUT2D eigenvalue weighted by Crippen LogP contribution is 2.23. The zero-order valence-corrected chi connectivity index (χ0v) is 13.8. The summed E-state index contributed by atoms with van der Waals surface area (Å²) in [5.41, 5.74) is 0. The molecule has 0 saturated carbocycles. The zero-order chi connectivity index (χ0) is 16.0. The molecule has 2 N–H and O–H groups in total. The van der Waals surface area contributed by atoms with Gasteiger partial charge >= 0.3 is 5.97 Å². The van der Waals surface area contributed by atoms with E-state index in [-0.39, 0.29) is 24.3 Å². The van der Waals surface area contributed by atoms with Crippen molar-refractivity contribution in [1.82, 2.24) is 10.2 Å². The molecule has 1 rings (SSSR count). The molecule has 21 heavy (non-hydrogen) atoms. The van der Waals surface area contributed by atoms with Crippen molar-refractivity contribution in [3.8, 4) is 0 Å². The number of carboxylic acid groups (broad SMARTS) is 1. The molecular weight excluding hydrogens is 268 g/mol. The normalized spacial score (nSPS) is 19.1. The topological polar surface area (TPSA) is 69.6 Å². The monoisotopic (exact) mass is 298 g/mol. The quantitative estimate of drug-likeness (QED) is 0.714. The molecule has 0 bridgehead atoms. The van der Waals surface area contributed by atoms with E-state index >= 15 is 0 Å². The van der Waals surface area contributed by atoms with Crippen molar-refractivity contribution in [2.75, 3.05) is 19.6 Å². The van der Waals surface area contributed by atoms with Gasteiger partial charge in [-0.15, -0.1) is 0 Å². The molecule has 0 amide bonds. The van der Waals surface area contributed by atoms with E-state index in [1.807, 2.05) is 18.7 Å². The van der Waals surface area contributed by atoms with E-state index in [1.165, 1.54) is 0 Å². The molecule has 1 heterocycles. The lowest BCUT2D eigenvalue weighted by molar-refractivity contribution is -0.138. The molecular formula is C16H30N2O3. The van der Waals surface area contributed by atoms with Gasteiger partial charge in [0.05, 0.1) is 12.6 Å². The number of hydrogen-bond acceptors (Lipinski definition) is 4. The van der Waals surface area contributed by atoms with E-state index in [2.05, 4.69) is 19.2 Å². The first-order valence-corrected chi connectivity index (χ1v) is 8.03. The van der Waals surface area contributed by atoms with Crippen LogP contribution >= 0.6 is 0 Å². The van der Waals surface area contributed by atoms with Gasteiger partial charge in [0.15, 0.2) is 5.78 Å². The summed E-state index contributed by atoms with van der Waals surface area (Å²) < 4.78 is 0. The highest BCUT2D eigenvalue weighted by Gasteiger charge is 2.28. The number of rotatable bonds is 8. The largest absolute Gasteiger partial charge is 0.480 e. The average Bonchev–Trinajstić information content (AvgIpc) is 2.38. The molecule has 5 heteroatoms. The standard InChI is InChI=1S/C16H30N2O3/c1-11(2)16(21)14(17-12(3)4)9-13-5-7-18(8-6-13)10-15(19)20/h11-14,17H,5-10H2,1-4H3,(H,19,20). The molecule has 1 aliphatic heterocycles. The van der Waals surface area contributed by atoms with Crippen molar-refractivity contribution < 1.29 is 14.7 Å². The maximum absolute atomic E-state index is 12.3. The van der Waals surface area contributed by atoms with Crippen LogP contribution in [0, 0.1) is 11.8 Å². The number of nitrogens with zero attached hydrogens (tertiary/aromatic N) is 1. The summed E-state index contributed by atoms with van der Waals surface area (Å²) in [5, 5.41) is 12.2. The number of carbonyl (C=O) groups is 2. The van der Waals surface area contributed by atoms with Gasteiger partial charge in [-0.05, 0) is 38.3 Å². The van der Waals surface area contributed by atoms with E-state index in [1.54, 1.807) is 0 Å². The Labute approximate surface area is 128 Å². The molecule has 0 aromatic carbocycles. The molecule has 0 radical (unpaired) electrons.